The number of esters is 2. The molecule has 1 aromatic rings. The molecule has 0 amide bonds. The zero-order valence-corrected chi connectivity index (χ0v) is 18.7. The minimum Gasteiger partial charge on any atom is -0.475 e. The maximum absolute atomic E-state index is 12.0. The molecule has 0 unspecified atom stereocenters. The van der Waals surface area contributed by atoms with E-state index in [1.54, 1.807) is 0 Å². The minimum atomic E-state index is -3.60. The van der Waals surface area contributed by atoms with Gasteiger partial charge in [-0.15, -0.1) is 0 Å². The second kappa shape index (κ2) is 12.7. The fourth-order valence-corrected chi connectivity index (χ4v) is 4.44. The fraction of sp³-hybridized carbons (Fsp3) is 0.737. The van der Waals surface area contributed by atoms with Crippen LogP contribution in [0, 0.1) is 0 Å². The first-order valence-electron chi connectivity index (χ1n) is 10.6. The Morgan fingerprint density at radius 2 is 2.03 bits per heavy atom. The van der Waals surface area contributed by atoms with Crippen LogP contribution < -0.4 is 15.2 Å². The Kier molecular flexibility index (Phi) is 10.4. The predicted molar refractivity (Wildman–Crippen MR) is 112 cm³/mol. The molecule has 176 valence electrons. The van der Waals surface area contributed by atoms with Crippen LogP contribution in [-0.2, 0) is 19.6 Å². The van der Waals surface area contributed by atoms with Crippen LogP contribution in [0.2, 0.25) is 0 Å². The van der Waals surface area contributed by atoms with E-state index in [-0.39, 0.29) is 17.4 Å². The molecule has 1 aliphatic rings. The molecule has 2 rings (SSSR count). The molecule has 0 bridgehead atoms. The molecule has 11 nitrogen and oxygen atoms in total. The van der Waals surface area contributed by atoms with Gasteiger partial charge in [-0.25, -0.2) is 13.2 Å². The van der Waals surface area contributed by atoms with E-state index >= 15 is 0 Å². The second-order valence-corrected chi connectivity index (χ2v) is 9.37. The molecular formula is C19H32N4O7S. The summed E-state index contributed by atoms with van der Waals surface area (Å²) in [5, 5.41) is 3.63. The van der Waals surface area contributed by atoms with Crippen LogP contribution in [0.4, 0.5) is 0 Å². The Bertz CT molecular complexity index is 806. The third-order valence-electron chi connectivity index (χ3n) is 4.70. The summed E-state index contributed by atoms with van der Waals surface area (Å²) in [5.41, 5.74) is 5.61. The highest BCUT2D eigenvalue weighted by molar-refractivity contribution is 7.89. The normalized spacial score (nSPS) is 16.1. The number of carbonyl (C=O) groups is 2. The van der Waals surface area contributed by atoms with Gasteiger partial charge in [-0.1, -0.05) is 19.8 Å². The summed E-state index contributed by atoms with van der Waals surface area (Å²) in [4.78, 5) is 26.2. The molecule has 0 aliphatic carbocycles. The van der Waals surface area contributed by atoms with Crippen LogP contribution >= 0.6 is 0 Å². The summed E-state index contributed by atoms with van der Waals surface area (Å²) in [5.74, 6) is -2.31. The minimum absolute atomic E-state index is 0.0932. The van der Waals surface area contributed by atoms with Crippen molar-refractivity contribution in [2.45, 2.75) is 58.0 Å². The molecule has 1 atom stereocenters. The van der Waals surface area contributed by atoms with Gasteiger partial charge in [-0.05, 0) is 43.9 Å². The van der Waals surface area contributed by atoms with Crippen molar-refractivity contribution in [2.75, 3.05) is 32.0 Å². The molecule has 31 heavy (non-hydrogen) atoms. The van der Waals surface area contributed by atoms with E-state index in [1.807, 2.05) is 6.92 Å². The van der Waals surface area contributed by atoms with Crippen LogP contribution in [0.3, 0.4) is 0 Å². The van der Waals surface area contributed by atoms with Crippen molar-refractivity contribution in [1.29, 1.82) is 0 Å². The van der Waals surface area contributed by atoms with Crippen LogP contribution in [-0.4, -0.2) is 68.6 Å². The first-order valence-corrected chi connectivity index (χ1v) is 12.3. The average molecular weight is 461 g/mol. The van der Waals surface area contributed by atoms with E-state index < -0.39 is 34.5 Å². The summed E-state index contributed by atoms with van der Waals surface area (Å²) in [6.45, 7) is 5.43. The number of ether oxygens (including phenoxy) is 2. The summed E-state index contributed by atoms with van der Waals surface area (Å²) in [7, 11) is -3.60. The average Bonchev–Trinajstić information content (AvgIpc) is 3.19. The molecule has 3 N–H and O–H groups in total. The van der Waals surface area contributed by atoms with Crippen molar-refractivity contribution in [3.8, 4) is 5.88 Å². The van der Waals surface area contributed by atoms with Crippen molar-refractivity contribution in [3.63, 3.8) is 0 Å². The second-order valence-electron chi connectivity index (χ2n) is 7.50. The molecule has 2 heterocycles. The summed E-state index contributed by atoms with van der Waals surface area (Å²) in [6, 6.07) is 1.24. The number of nitrogens with zero attached hydrogens (tertiary/aromatic N) is 2. The maximum Gasteiger partial charge on any atom is 0.384 e. The molecule has 1 saturated heterocycles. The lowest BCUT2D eigenvalue weighted by molar-refractivity contribution is -0.138. The van der Waals surface area contributed by atoms with E-state index in [0.29, 0.717) is 19.4 Å². The Balaban J connectivity index is 1.69. The molecule has 1 aliphatic heterocycles. The van der Waals surface area contributed by atoms with E-state index in [1.165, 1.54) is 25.3 Å². The largest absolute Gasteiger partial charge is 0.475 e. The summed E-state index contributed by atoms with van der Waals surface area (Å²) in [6.07, 6.45) is 4.02. The monoisotopic (exact) mass is 460 g/mol. The van der Waals surface area contributed by atoms with Gasteiger partial charge in [0.05, 0.1) is 31.0 Å². The van der Waals surface area contributed by atoms with E-state index in [2.05, 4.69) is 19.5 Å². The van der Waals surface area contributed by atoms with Gasteiger partial charge in [-0.3, -0.25) is 4.79 Å². The summed E-state index contributed by atoms with van der Waals surface area (Å²) >= 11 is 0. The van der Waals surface area contributed by atoms with Crippen LogP contribution in [0.15, 0.2) is 10.6 Å². The number of hydrogen-bond acceptors (Lipinski definition) is 10. The fourth-order valence-electron chi connectivity index (χ4n) is 3.11. The number of sulfonamides is 1. The van der Waals surface area contributed by atoms with Crippen molar-refractivity contribution in [1.82, 2.24) is 14.8 Å². The Morgan fingerprint density at radius 3 is 2.74 bits per heavy atom. The Morgan fingerprint density at radius 1 is 1.29 bits per heavy atom. The van der Waals surface area contributed by atoms with Gasteiger partial charge in [0.2, 0.25) is 15.8 Å². The van der Waals surface area contributed by atoms with Crippen LogP contribution in [0.1, 0.15) is 62.4 Å². The van der Waals surface area contributed by atoms with E-state index in [4.69, 9.17) is 15.0 Å². The van der Waals surface area contributed by atoms with Gasteiger partial charge in [-0.2, -0.15) is 4.72 Å². The number of rotatable bonds is 13. The van der Waals surface area contributed by atoms with Gasteiger partial charge in [0.25, 0.3) is 5.88 Å². The molecule has 0 spiro atoms. The number of nitrogens with one attached hydrogen (secondary N) is 1. The van der Waals surface area contributed by atoms with Gasteiger partial charge in [0.15, 0.2) is 0 Å². The molecule has 0 saturated carbocycles. The number of likely N-dealkylation sites (tertiary alicyclic amines) is 1. The van der Waals surface area contributed by atoms with Crippen molar-refractivity contribution in [3.05, 3.63) is 11.8 Å². The highest BCUT2D eigenvalue weighted by Crippen LogP contribution is 2.14. The summed E-state index contributed by atoms with van der Waals surface area (Å²) < 4.78 is 40.7. The topological polar surface area (TPSA) is 154 Å². The molecule has 1 aromatic heterocycles. The highest BCUT2D eigenvalue weighted by Gasteiger charge is 2.22. The van der Waals surface area contributed by atoms with E-state index in [0.717, 1.165) is 26.1 Å². The first-order chi connectivity index (χ1) is 14.8. The molecule has 0 aromatic carbocycles. The van der Waals surface area contributed by atoms with Crippen LogP contribution in [0.5, 0.6) is 5.88 Å². The number of piperidine rings is 1. The quantitative estimate of drug-likeness (QED) is 0.189. The number of carbonyl (C=O) groups excluding carboxylic acids is 2. The van der Waals surface area contributed by atoms with Gasteiger partial charge < -0.3 is 24.6 Å². The molecule has 12 heteroatoms. The van der Waals surface area contributed by atoms with Crippen molar-refractivity contribution < 1.29 is 32.0 Å². The third kappa shape index (κ3) is 9.76. The van der Waals surface area contributed by atoms with Gasteiger partial charge in [0, 0.05) is 6.54 Å². The smallest absolute Gasteiger partial charge is 0.384 e. The molecule has 1 fully saturated rings. The maximum atomic E-state index is 12.0. The molecular weight excluding hydrogens is 428 g/mol. The lowest BCUT2D eigenvalue weighted by atomic mass is 10.1. The Hall–Kier alpha value is -2.02. The predicted octanol–water partition coefficient (Wildman–Crippen LogP) is 1.01. The third-order valence-corrected chi connectivity index (χ3v) is 6.19. The highest BCUT2D eigenvalue weighted by atomic mass is 32.2. The van der Waals surface area contributed by atoms with Crippen molar-refractivity contribution in [2.24, 2.45) is 5.73 Å². The lowest BCUT2D eigenvalue weighted by Crippen LogP contribution is -2.44. The number of aromatic nitrogens is 1. The van der Waals surface area contributed by atoms with E-state index in [9.17, 15) is 18.0 Å². The zero-order valence-electron chi connectivity index (χ0n) is 17.9. The first kappa shape index (κ1) is 25.2. The Labute approximate surface area is 182 Å². The number of unbranched alkanes of at least 4 members (excludes halogenated alkanes) is 1. The van der Waals surface area contributed by atoms with Crippen LogP contribution in [0.25, 0.3) is 0 Å². The molecule has 0 radical (unpaired) electrons. The van der Waals surface area contributed by atoms with Gasteiger partial charge >= 0.3 is 11.9 Å². The SMILES string of the molecule is CCCCS(=O)(=O)N[C@H](N)CC(=O)OC(=O)c1cc(OCCCN2CCCCC2)no1. The van der Waals surface area contributed by atoms with Gasteiger partial charge in [0.1, 0.15) is 0 Å². The zero-order chi connectivity index (χ0) is 22.7. The number of nitrogens with two attached hydrogens (primary N) is 1. The lowest BCUT2D eigenvalue weighted by Gasteiger charge is -2.26. The van der Waals surface area contributed by atoms with Crippen molar-refractivity contribution >= 4 is 22.0 Å². The standard InChI is InChI=1S/C19H32N4O7S/c1-2-3-12-31(26,27)22-16(20)14-18(24)29-19(25)15-13-17(21-30-15)28-11-7-10-23-8-5-4-6-9-23/h13,16,22H,2-12,14,20H2,1H3/t16-/m0/s1. The number of hydrogen-bond donors (Lipinski definition) is 2.